The molecule has 1 aliphatic rings. The Hall–Kier alpha value is -3.20. The number of fused-ring (bicyclic) bond motifs is 2. The predicted octanol–water partition coefficient (Wildman–Crippen LogP) is 0.809. The fourth-order valence-electron chi connectivity index (χ4n) is 3.59. The number of methoxy groups -OCH3 is 1. The van der Waals surface area contributed by atoms with E-state index in [0.717, 1.165) is 22.6 Å². The molecule has 152 valence electrons. The minimum Gasteiger partial charge on any atom is -0.383 e. The highest BCUT2D eigenvalue weighted by atomic mass is 16.5. The zero-order chi connectivity index (χ0) is 20.2. The maximum absolute atomic E-state index is 12.4. The topological polar surface area (TPSA) is 114 Å². The highest BCUT2D eigenvalue weighted by molar-refractivity contribution is 5.95. The first-order valence-corrected chi connectivity index (χ1v) is 9.69. The number of rotatable bonds is 8. The van der Waals surface area contributed by atoms with Crippen LogP contribution in [0.25, 0.3) is 11.0 Å². The van der Waals surface area contributed by atoms with Gasteiger partial charge in [0.25, 0.3) is 5.91 Å². The standard InChI is InChI=1S/C20H24N6O3/c1-29-9-8-21-20(28)14-11-22-26-12-13(10-17(14)26)23-19(27)7-6-18-24-15-4-2-3-5-16(15)25-18/h2-5,11,13H,6-10,12H2,1H3,(H,21,28)(H,23,27)(H,24,25)/t13-/m0/s1. The molecule has 2 amide bonds. The largest absolute Gasteiger partial charge is 0.383 e. The highest BCUT2D eigenvalue weighted by Gasteiger charge is 2.28. The van der Waals surface area contributed by atoms with Gasteiger partial charge in [0, 0.05) is 32.9 Å². The Morgan fingerprint density at radius 3 is 3.03 bits per heavy atom. The molecule has 0 aliphatic carbocycles. The molecule has 0 unspecified atom stereocenters. The lowest BCUT2D eigenvalue weighted by Gasteiger charge is -2.11. The van der Waals surface area contributed by atoms with Gasteiger partial charge < -0.3 is 20.4 Å². The molecule has 1 aromatic carbocycles. The van der Waals surface area contributed by atoms with Gasteiger partial charge in [-0.05, 0) is 12.1 Å². The van der Waals surface area contributed by atoms with E-state index in [1.807, 2.05) is 24.3 Å². The molecule has 0 radical (unpaired) electrons. The summed E-state index contributed by atoms with van der Waals surface area (Å²) in [5, 5.41) is 10.1. The summed E-state index contributed by atoms with van der Waals surface area (Å²) < 4.78 is 6.73. The van der Waals surface area contributed by atoms with Crippen LogP contribution in [0.3, 0.4) is 0 Å². The van der Waals surface area contributed by atoms with E-state index in [2.05, 4.69) is 25.7 Å². The van der Waals surface area contributed by atoms with Crippen molar-refractivity contribution in [1.29, 1.82) is 0 Å². The van der Waals surface area contributed by atoms with Crippen molar-refractivity contribution in [3.8, 4) is 0 Å². The number of nitrogens with zero attached hydrogens (tertiary/aromatic N) is 3. The molecule has 0 fully saturated rings. The van der Waals surface area contributed by atoms with E-state index in [1.165, 1.54) is 0 Å². The number of H-pyrrole nitrogens is 1. The number of nitrogens with one attached hydrogen (secondary N) is 3. The Balaban J connectivity index is 1.28. The molecule has 2 aromatic heterocycles. The van der Waals surface area contributed by atoms with Gasteiger partial charge in [-0.15, -0.1) is 0 Å². The molecule has 4 rings (SSSR count). The van der Waals surface area contributed by atoms with Crippen molar-refractivity contribution in [2.75, 3.05) is 20.3 Å². The lowest BCUT2D eigenvalue weighted by atomic mass is 10.1. The second-order valence-corrected chi connectivity index (χ2v) is 7.10. The van der Waals surface area contributed by atoms with Crippen molar-refractivity contribution in [2.45, 2.75) is 31.8 Å². The van der Waals surface area contributed by atoms with Gasteiger partial charge in [-0.25, -0.2) is 4.98 Å². The second-order valence-electron chi connectivity index (χ2n) is 7.10. The lowest BCUT2D eigenvalue weighted by molar-refractivity contribution is -0.121. The first-order chi connectivity index (χ1) is 14.1. The summed E-state index contributed by atoms with van der Waals surface area (Å²) in [4.78, 5) is 32.4. The predicted molar refractivity (Wildman–Crippen MR) is 106 cm³/mol. The number of hydrogen-bond acceptors (Lipinski definition) is 5. The first-order valence-electron chi connectivity index (χ1n) is 9.69. The molecular weight excluding hydrogens is 372 g/mol. The van der Waals surface area contributed by atoms with Crippen LogP contribution in [0.1, 0.15) is 28.3 Å². The number of ether oxygens (including phenoxy) is 1. The third kappa shape index (κ3) is 4.29. The Morgan fingerprint density at radius 1 is 1.34 bits per heavy atom. The summed E-state index contributed by atoms with van der Waals surface area (Å²) in [5.41, 5.74) is 3.28. The van der Waals surface area contributed by atoms with Gasteiger partial charge in [-0.3, -0.25) is 14.3 Å². The molecule has 1 atom stereocenters. The zero-order valence-electron chi connectivity index (χ0n) is 16.3. The third-order valence-corrected chi connectivity index (χ3v) is 5.01. The molecule has 1 aliphatic heterocycles. The van der Waals surface area contributed by atoms with Crippen molar-refractivity contribution in [2.24, 2.45) is 0 Å². The van der Waals surface area contributed by atoms with Crippen molar-refractivity contribution in [3.05, 3.63) is 47.5 Å². The van der Waals surface area contributed by atoms with Crippen LogP contribution in [-0.4, -0.2) is 57.9 Å². The zero-order valence-corrected chi connectivity index (χ0v) is 16.3. The molecular formula is C20H24N6O3. The van der Waals surface area contributed by atoms with Crippen molar-refractivity contribution in [1.82, 2.24) is 30.4 Å². The number of carbonyl (C=O) groups is 2. The summed E-state index contributed by atoms with van der Waals surface area (Å²) >= 11 is 0. The Labute approximate surface area is 167 Å². The van der Waals surface area contributed by atoms with Gasteiger partial charge in [0.2, 0.25) is 5.91 Å². The van der Waals surface area contributed by atoms with Crippen LogP contribution >= 0.6 is 0 Å². The van der Waals surface area contributed by atoms with Crippen LogP contribution in [-0.2, 0) is 28.9 Å². The number of amides is 2. The molecule has 0 bridgehead atoms. The van der Waals surface area contributed by atoms with Gasteiger partial charge in [-0.2, -0.15) is 5.10 Å². The van der Waals surface area contributed by atoms with Crippen LogP contribution in [0.2, 0.25) is 0 Å². The summed E-state index contributed by atoms with van der Waals surface area (Å²) in [7, 11) is 1.59. The molecule has 3 heterocycles. The molecule has 0 spiro atoms. The lowest BCUT2D eigenvalue weighted by Crippen LogP contribution is -2.36. The third-order valence-electron chi connectivity index (χ3n) is 5.01. The molecule has 0 saturated heterocycles. The van der Waals surface area contributed by atoms with E-state index in [9.17, 15) is 9.59 Å². The van der Waals surface area contributed by atoms with E-state index in [4.69, 9.17) is 4.74 Å². The van der Waals surface area contributed by atoms with E-state index in [-0.39, 0.29) is 17.9 Å². The number of hydrogen-bond donors (Lipinski definition) is 3. The number of aromatic nitrogens is 4. The molecule has 9 nitrogen and oxygen atoms in total. The summed E-state index contributed by atoms with van der Waals surface area (Å²) in [5.74, 6) is 0.600. The van der Waals surface area contributed by atoms with Gasteiger partial charge in [0.15, 0.2) is 0 Å². The summed E-state index contributed by atoms with van der Waals surface area (Å²) in [6.07, 6.45) is 3.06. The Morgan fingerprint density at radius 2 is 2.21 bits per heavy atom. The van der Waals surface area contributed by atoms with Crippen LogP contribution in [0.5, 0.6) is 0 Å². The van der Waals surface area contributed by atoms with E-state index < -0.39 is 0 Å². The average molecular weight is 396 g/mol. The monoisotopic (exact) mass is 396 g/mol. The normalized spacial score (nSPS) is 15.4. The van der Waals surface area contributed by atoms with Crippen LogP contribution in [0.4, 0.5) is 0 Å². The minimum absolute atomic E-state index is 0.0349. The maximum atomic E-state index is 12.4. The average Bonchev–Trinajstić information content (AvgIpc) is 3.39. The first kappa shape index (κ1) is 19.1. The molecule has 3 N–H and O–H groups in total. The summed E-state index contributed by atoms with van der Waals surface area (Å²) in [6, 6.07) is 7.74. The number of imidazole rings is 1. The number of carbonyl (C=O) groups excluding carboxylic acids is 2. The second kappa shape index (κ2) is 8.44. The number of aryl methyl sites for hydroxylation is 1. The maximum Gasteiger partial charge on any atom is 0.254 e. The van der Waals surface area contributed by atoms with Gasteiger partial charge in [0.1, 0.15) is 5.82 Å². The number of para-hydroxylation sites is 2. The smallest absolute Gasteiger partial charge is 0.254 e. The van der Waals surface area contributed by atoms with E-state index in [1.54, 1.807) is 18.0 Å². The molecule has 0 saturated carbocycles. The van der Waals surface area contributed by atoms with Crippen molar-refractivity contribution < 1.29 is 14.3 Å². The Kier molecular flexibility index (Phi) is 5.57. The van der Waals surface area contributed by atoms with Gasteiger partial charge in [-0.1, -0.05) is 12.1 Å². The number of benzene rings is 1. The van der Waals surface area contributed by atoms with Gasteiger partial charge in [0.05, 0.1) is 47.7 Å². The van der Waals surface area contributed by atoms with Crippen molar-refractivity contribution >= 4 is 22.8 Å². The number of aromatic amines is 1. The summed E-state index contributed by atoms with van der Waals surface area (Å²) in [6.45, 7) is 1.47. The quantitative estimate of drug-likeness (QED) is 0.488. The van der Waals surface area contributed by atoms with Crippen LogP contribution in [0, 0.1) is 0 Å². The van der Waals surface area contributed by atoms with E-state index >= 15 is 0 Å². The molecule has 3 aromatic rings. The highest BCUT2D eigenvalue weighted by Crippen LogP contribution is 2.19. The fraction of sp³-hybridized carbons (Fsp3) is 0.400. The SMILES string of the molecule is COCCNC(=O)c1cnn2c1C[C@H](NC(=O)CCc1nc3ccccc3[nH]1)C2. The minimum atomic E-state index is -0.167. The molecule has 29 heavy (non-hydrogen) atoms. The van der Waals surface area contributed by atoms with Crippen LogP contribution in [0.15, 0.2) is 30.5 Å². The molecule has 9 heteroatoms. The van der Waals surface area contributed by atoms with Crippen LogP contribution < -0.4 is 10.6 Å². The van der Waals surface area contributed by atoms with E-state index in [0.29, 0.717) is 44.5 Å². The van der Waals surface area contributed by atoms with Crippen molar-refractivity contribution in [3.63, 3.8) is 0 Å². The fourth-order valence-corrected chi connectivity index (χ4v) is 3.59. The Bertz CT molecular complexity index is 991. The van der Waals surface area contributed by atoms with Gasteiger partial charge >= 0.3 is 0 Å².